The van der Waals surface area contributed by atoms with Crippen LogP contribution in [0.25, 0.3) is 0 Å². The Kier molecular flexibility index (Phi) is 2.28. The average Bonchev–Trinajstić information content (AvgIpc) is 3.01. The summed E-state index contributed by atoms with van der Waals surface area (Å²) in [4.78, 5) is 4.83. The summed E-state index contributed by atoms with van der Waals surface area (Å²) < 4.78 is 5.84. The van der Waals surface area contributed by atoms with Crippen molar-refractivity contribution < 1.29 is 4.74 Å². The van der Waals surface area contributed by atoms with E-state index >= 15 is 0 Å². The Morgan fingerprint density at radius 1 is 1.11 bits per heavy atom. The zero-order chi connectivity index (χ0) is 12.1. The van der Waals surface area contributed by atoms with E-state index in [0.29, 0.717) is 23.8 Å². The first kappa shape index (κ1) is 10.6. The van der Waals surface area contributed by atoms with Gasteiger partial charge in [-0.3, -0.25) is 0 Å². The van der Waals surface area contributed by atoms with Crippen LogP contribution in [-0.2, 0) is 4.74 Å². The number of rotatable bonds is 1. The van der Waals surface area contributed by atoms with E-state index in [1.54, 1.807) is 0 Å². The van der Waals surface area contributed by atoms with Crippen LogP contribution < -0.4 is 0 Å². The quantitative estimate of drug-likeness (QED) is 0.709. The summed E-state index contributed by atoms with van der Waals surface area (Å²) in [7, 11) is 0. The second-order valence-electron chi connectivity index (χ2n) is 5.35. The molecular weight excluding hydrogens is 246 g/mol. The van der Waals surface area contributed by atoms with E-state index in [9.17, 15) is 0 Å². The van der Waals surface area contributed by atoms with Crippen molar-refractivity contribution >= 4 is 17.5 Å². The molecule has 2 aliphatic carbocycles. The lowest BCUT2D eigenvalue weighted by atomic mass is 9.89. The zero-order valence-corrected chi connectivity index (χ0v) is 10.7. The van der Waals surface area contributed by atoms with Gasteiger partial charge in [0.05, 0.1) is 12.6 Å². The van der Waals surface area contributed by atoms with Gasteiger partial charge in [-0.05, 0) is 36.6 Å². The van der Waals surface area contributed by atoms with Crippen LogP contribution in [0.15, 0.2) is 41.4 Å². The molecule has 0 saturated heterocycles. The van der Waals surface area contributed by atoms with Crippen LogP contribution in [0, 0.1) is 17.8 Å². The van der Waals surface area contributed by atoms with E-state index < -0.39 is 0 Å². The van der Waals surface area contributed by atoms with Gasteiger partial charge in [0.2, 0.25) is 5.90 Å². The molecule has 3 aliphatic rings. The molecule has 3 heteroatoms. The summed E-state index contributed by atoms with van der Waals surface area (Å²) in [6.07, 6.45) is 5.94. The van der Waals surface area contributed by atoms with Crippen molar-refractivity contribution in [3.05, 3.63) is 47.0 Å². The van der Waals surface area contributed by atoms with Gasteiger partial charge in [0.15, 0.2) is 0 Å². The molecule has 1 aromatic rings. The van der Waals surface area contributed by atoms with E-state index in [-0.39, 0.29) is 0 Å². The number of aliphatic imine (C=N–C) groups is 1. The van der Waals surface area contributed by atoms with Crippen molar-refractivity contribution in [1.82, 2.24) is 0 Å². The lowest BCUT2D eigenvalue weighted by Gasteiger charge is -2.30. The smallest absolute Gasteiger partial charge is 0.216 e. The Morgan fingerprint density at radius 3 is 2.72 bits per heavy atom. The third-order valence-corrected chi connectivity index (χ3v) is 4.60. The van der Waals surface area contributed by atoms with Crippen molar-refractivity contribution in [2.75, 3.05) is 6.61 Å². The van der Waals surface area contributed by atoms with Gasteiger partial charge in [0, 0.05) is 22.4 Å². The van der Waals surface area contributed by atoms with E-state index in [1.165, 1.54) is 6.42 Å². The Hall–Kier alpha value is -1.28. The molecule has 0 N–H and O–H groups in total. The van der Waals surface area contributed by atoms with Gasteiger partial charge in [0.1, 0.15) is 0 Å². The molecular formula is C15H14ClNO. The minimum absolute atomic E-state index is 0.430. The Bertz CT molecular complexity index is 534. The van der Waals surface area contributed by atoms with Gasteiger partial charge >= 0.3 is 0 Å². The number of benzene rings is 1. The molecule has 1 aliphatic heterocycles. The third kappa shape index (κ3) is 1.52. The first-order valence-corrected chi connectivity index (χ1v) is 6.84. The molecule has 0 radical (unpaired) electrons. The second-order valence-corrected chi connectivity index (χ2v) is 5.79. The number of hydrogen-bond acceptors (Lipinski definition) is 2. The number of nitrogens with zero attached hydrogens (tertiary/aromatic N) is 1. The normalized spacial score (nSPS) is 36.2. The molecule has 18 heavy (non-hydrogen) atoms. The molecule has 92 valence electrons. The van der Waals surface area contributed by atoms with Crippen LogP contribution in [0.4, 0.5) is 0 Å². The lowest BCUT2D eigenvalue weighted by molar-refractivity contribution is 0.178. The van der Waals surface area contributed by atoms with Crippen LogP contribution in [0.3, 0.4) is 0 Å². The van der Waals surface area contributed by atoms with E-state index in [2.05, 4.69) is 12.2 Å². The van der Waals surface area contributed by atoms with Crippen molar-refractivity contribution in [1.29, 1.82) is 0 Å². The molecule has 4 atom stereocenters. The Balaban J connectivity index is 1.67. The molecule has 1 saturated carbocycles. The summed E-state index contributed by atoms with van der Waals surface area (Å²) in [5, 5.41) is 0.746. The highest BCUT2D eigenvalue weighted by Crippen LogP contribution is 2.47. The minimum Gasteiger partial charge on any atom is -0.477 e. The summed E-state index contributed by atoms with van der Waals surface area (Å²) >= 11 is 5.90. The Morgan fingerprint density at radius 2 is 1.89 bits per heavy atom. The zero-order valence-electron chi connectivity index (χ0n) is 9.92. The first-order valence-electron chi connectivity index (χ1n) is 6.46. The minimum atomic E-state index is 0.430. The first-order chi connectivity index (χ1) is 8.81. The number of fused-ring (bicyclic) bond motifs is 5. The fourth-order valence-electron chi connectivity index (χ4n) is 3.41. The molecule has 1 aromatic carbocycles. The maximum atomic E-state index is 5.90. The molecule has 4 rings (SSSR count). The second kappa shape index (κ2) is 3.86. The molecule has 0 unspecified atom stereocenters. The van der Waals surface area contributed by atoms with Crippen molar-refractivity contribution in [3.8, 4) is 0 Å². The maximum Gasteiger partial charge on any atom is 0.216 e. The molecule has 1 heterocycles. The lowest BCUT2D eigenvalue weighted by Crippen LogP contribution is -2.34. The number of ether oxygens (including phenoxy) is 1. The van der Waals surface area contributed by atoms with Crippen LogP contribution in [0.5, 0.6) is 0 Å². The van der Waals surface area contributed by atoms with Crippen molar-refractivity contribution in [2.45, 2.75) is 12.5 Å². The van der Waals surface area contributed by atoms with E-state index in [1.807, 2.05) is 24.3 Å². The summed E-state index contributed by atoms with van der Waals surface area (Å²) in [5.41, 5.74) is 1.03. The summed E-state index contributed by atoms with van der Waals surface area (Å²) in [6.45, 7) is 0.803. The number of allylic oxidation sites excluding steroid dienone is 1. The Labute approximate surface area is 111 Å². The van der Waals surface area contributed by atoms with E-state index in [4.69, 9.17) is 21.3 Å². The molecule has 1 fully saturated rings. The van der Waals surface area contributed by atoms with Crippen LogP contribution in [-0.4, -0.2) is 18.5 Å². The van der Waals surface area contributed by atoms with Crippen molar-refractivity contribution in [2.24, 2.45) is 22.7 Å². The van der Waals surface area contributed by atoms with Gasteiger partial charge < -0.3 is 4.74 Å². The number of hydrogen-bond donors (Lipinski definition) is 0. The molecule has 2 nitrogen and oxygen atoms in total. The highest BCUT2D eigenvalue weighted by atomic mass is 35.5. The predicted octanol–water partition coefficient (Wildman–Crippen LogP) is 3.31. The summed E-state index contributed by atoms with van der Waals surface area (Å²) in [5.74, 6) is 2.70. The highest BCUT2D eigenvalue weighted by molar-refractivity contribution is 6.30. The van der Waals surface area contributed by atoms with E-state index in [0.717, 1.165) is 23.1 Å². The van der Waals surface area contributed by atoms with Gasteiger partial charge in [-0.1, -0.05) is 23.8 Å². The molecule has 2 bridgehead atoms. The van der Waals surface area contributed by atoms with Gasteiger partial charge in [-0.25, -0.2) is 4.99 Å². The van der Waals surface area contributed by atoms with Gasteiger partial charge in [0.25, 0.3) is 0 Å². The monoisotopic (exact) mass is 259 g/mol. The standard InChI is InChI=1S/C15H14ClNO/c16-12-5-3-9(4-6-12)15-17-14-11-2-1-10(7-11)13(14)8-18-15/h1-6,10-11,13-14H,7-8H2/t10-,11+,13-,14+/m0/s1. The van der Waals surface area contributed by atoms with Crippen LogP contribution in [0.2, 0.25) is 5.02 Å². The van der Waals surface area contributed by atoms with Crippen LogP contribution in [0.1, 0.15) is 12.0 Å². The maximum absolute atomic E-state index is 5.90. The molecule has 0 spiro atoms. The van der Waals surface area contributed by atoms with Gasteiger partial charge in [-0.2, -0.15) is 0 Å². The SMILES string of the molecule is Clc1ccc(C2=N[C@H]3[C@@H](CO2)[C@H]2C=C[C@@H]3C2)cc1. The largest absolute Gasteiger partial charge is 0.477 e. The number of halogens is 1. The predicted molar refractivity (Wildman–Crippen MR) is 72.0 cm³/mol. The van der Waals surface area contributed by atoms with Crippen molar-refractivity contribution in [3.63, 3.8) is 0 Å². The topological polar surface area (TPSA) is 21.6 Å². The summed E-state index contributed by atoms with van der Waals surface area (Å²) in [6, 6.07) is 8.15. The van der Waals surface area contributed by atoms with Crippen LogP contribution >= 0.6 is 11.6 Å². The van der Waals surface area contributed by atoms with Gasteiger partial charge in [-0.15, -0.1) is 0 Å². The third-order valence-electron chi connectivity index (χ3n) is 4.35. The average molecular weight is 260 g/mol. The molecule has 0 aromatic heterocycles. The fraction of sp³-hybridized carbons (Fsp3) is 0.400. The molecule has 0 amide bonds. The highest BCUT2D eigenvalue weighted by Gasteiger charge is 2.46. The fourth-order valence-corrected chi connectivity index (χ4v) is 3.54.